The highest BCUT2D eigenvalue weighted by Crippen LogP contribution is 2.28. The van der Waals surface area contributed by atoms with Crippen LogP contribution in [0.1, 0.15) is 38.3 Å². The van der Waals surface area contributed by atoms with Gasteiger partial charge in [-0.05, 0) is 67.2 Å². The smallest absolute Gasteiger partial charge is 0.242 e. The number of hydrogen-bond acceptors (Lipinski definition) is 2. The zero-order valence-corrected chi connectivity index (χ0v) is 13.9. The fourth-order valence-electron chi connectivity index (χ4n) is 1.85. The molecule has 0 saturated carbocycles. The van der Waals surface area contributed by atoms with Crippen LogP contribution in [0.25, 0.3) is 0 Å². The predicted octanol–water partition coefficient (Wildman–Crippen LogP) is 3.78. The number of anilines is 1. The van der Waals surface area contributed by atoms with Gasteiger partial charge in [0.1, 0.15) is 6.04 Å². The zero-order chi connectivity index (χ0) is 14.6. The largest absolute Gasteiger partial charge is 0.373 e. The molecule has 0 aliphatic heterocycles. The molecule has 0 aliphatic carbocycles. The molecule has 1 aromatic rings. The van der Waals surface area contributed by atoms with E-state index in [0.717, 1.165) is 22.1 Å². The highest BCUT2D eigenvalue weighted by atomic mass is 79.9. The van der Waals surface area contributed by atoms with Crippen molar-refractivity contribution in [3.05, 3.63) is 27.7 Å². The van der Waals surface area contributed by atoms with E-state index in [1.807, 2.05) is 20.8 Å². The van der Waals surface area contributed by atoms with Crippen LogP contribution in [0.4, 0.5) is 5.69 Å². The van der Waals surface area contributed by atoms with Crippen molar-refractivity contribution in [2.75, 3.05) is 5.32 Å². The summed E-state index contributed by atoms with van der Waals surface area (Å²) in [6.45, 7) is 10.0. The fourth-order valence-corrected chi connectivity index (χ4v) is 2.64. The number of rotatable bonds is 5. The molecule has 0 bridgehead atoms. The van der Waals surface area contributed by atoms with Gasteiger partial charge in [-0.2, -0.15) is 0 Å². The van der Waals surface area contributed by atoms with E-state index in [1.165, 1.54) is 5.56 Å². The summed E-state index contributed by atoms with van der Waals surface area (Å²) in [5.74, 6) is 0.0289. The number of carbonyl (C=O) groups excluding carboxylic acids is 1. The van der Waals surface area contributed by atoms with Gasteiger partial charge in [0.15, 0.2) is 0 Å². The molecule has 106 valence electrons. The second-order valence-corrected chi connectivity index (χ2v) is 5.98. The Labute approximate surface area is 124 Å². The topological polar surface area (TPSA) is 41.1 Å². The van der Waals surface area contributed by atoms with Gasteiger partial charge in [0, 0.05) is 10.5 Å². The first-order valence-electron chi connectivity index (χ1n) is 6.68. The zero-order valence-electron chi connectivity index (χ0n) is 12.3. The fraction of sp³-hybridized carbons (Fsp3) is 0.533. The van der Waals surface area contributed by atoms with Crippen LogP contribution in [0.3, 0.4) is 0 Å². The standard InChI is InChI=1S/C15H23BrN2O/c1-6-11(4)17-15(19)12(5)18-14-10(3)7-9(2)8-13(14)16/h7-8,11-12,18H,6H2,1-5H3,(H,17,19). The third-order valence-electron chi connectivity index (χ3n) is 3.19. The van der Waals surface area contributed by atoms with Gasteiger partial charge in [0.05, 0.1) is 5.69 Å². The molecule has 2 atom stereocenters. The minimum Gasteiger partial charge on any atom is -0.373 e. The van der Waals surface area contributed by atoms with E-state index >= 15 is 0 Å². The van der Waals surface area contributed by atoms with Crippen molar-refractivity contribution in [1.82, 2.24) is 5.32 Å². The summed E-state index contributed by atoms with van der Waals surface area (Å²) >= 11 is 3.55. The minimum absolute atomic E-state index is 0.0289. The molecule has 0 spiro atoms. The quantitative estimate of drug-likeness (QED) is 0.864. The highest BCUT2D eigenvalue weighted by molar-refractivity contribution is 9.10. The molecule has 0 aliphatic rings. The SMILES string of the molecule is CCC(C)NC(=O)C(C)Nc1c(C)cc(C)cc1Br. The van der Waals surface area contributed by atoms with Crippen LogP contribution >= 0.6 is 15.9 Å². The van der Waals surface area contributed by atoms with Gasteiger partial charge in [0.2, 0.25) is 5.91 Å². The molecule has 2 N–H and O–H groups in total. The van der Waals surface area contributed by atoms with Gasteiger partial charge in [-0.3, -0.25) is 4.79 Å². The Morgan fingerprint density at radius 3 is 2.47 bits per heavy atom. The Hall–Kier alpha value is -1.03. The summed E-state index contributed by atoms with van der Waals surface area (Å²) in [5.41, 5.74) is 3.32. The second-order valence-electron chi connectivity index (χ2n) is 5.12. The lowest BCUT2D eigenvalue weighted by Gasteiger charge is -2.20. The van der Waals surface area contributed by atoms with Crippen LogP contribution in [-0.4, -0.2) is 18.0 Å². The lowest BCUT2D eigenvalue weighted by molar-refractivity contribution is -0.122. The lowest BCUT2D eigenvalue weighted by Crippen LogP contribution is -2.42. The molecule has 0 radical (unpaired) electrons. The van der Waals surface area contributed by atoms with E-state index in [0.29, 0.717) is 0 Å². The first-order valence-corrected chi connectivity index (χ1v) is 7.48. The first-order chi connectivity index (χ1) is 8.85. The Kier molecular flexibility index (Phi) is 5.85. The van der Waals surface area contributed by atoms with E-state index < -0.39 is 0 Å². The number of aryl methyl sites for hydroxylation is 2. The van der Waals surface area contributed by atoms with Crippen LogP contribution < -0.4 is 10.6 Å². The van der Waals surface area contributed by atoms with Crippen molar-refractivity contribution in [3.63, 3.8) is 0 Å². The molecule has 0 aromatic heterocycles. The Bertz CT molecular complexity index is 436. The van der Waals surface area contributed by atoms with Crippen molar-refractivity contribution < 1.29 is 4.79 Å². The maximum atomic E-state index is 12.0. The maximum absolute atomic E-state index is 12.0. The number of nitrogens with one attached hydrogen (secondary N) is 2. The third kappa shape index (κ3) is 4.53. The van der Waals surface area contributed by atoms with Crippen molar-refractivity contribution >= 4 is 27.5 Å². The van der Waals surface area contributed by atoms with Gasteiger partial charge in [-0.1, -0.05) is 13.0 Å². The Morgan fingerprint density at radius 1 is 1.32 bits per heavy atom. The summed E-state index contributed by atoms with van der Waals surface area (Å²) in [6.07, 6.45) is 0.936. The molecule has 0 saturated heterocycles. The molecular weight excluding hydrogens is 304 g/mol. The van der Waals surface area contributed by atoms with Crippen LogP contribution in [0.2, 0.25) is 0 Å². The summed E-state index contributed by atoms with van der Waals surface area (Å²) in [5, 5.41) is 6.26. The molecular formula is C15H23BrN2O. The van der Waals surface area contributed by atoms with Crippen LogP contribution in [0.15, 0.2) is 16.6 Å². The molecule has 1 aromatic carbocycles. The van der Waals surface area contributed by atoms with E-state index in [4.69, 9.17) is 0 Å². The molecule has 3 nitrogen and oxygen atoms in total. The Morgan fingerprint density at radius 2 is 1.95 bits per heavy atom. The number of carbonyl (C=O) groups is 1. The number of hydrogen-bond donors (Lipinski definition) is 2. The number of benzene rings is 1. The van der Waals surface area contributed by atoms with Gasteiger partial charge in [0.25, 0.3) is 0 Å². The average molecular weight is 327 g/mol. The first kappa shape index (κ1) is 16.0. The highest BCUT2D eigenvalue weighted by Gasteiger charge is 2.16. The van der Waals surface area contributed by atoms with Crippen molar-refractivity contribution in [1.29, 1.82) is 0 Å². The Balaban J connectivity index is 2.77. The molecule has 19 heavy (non-hydrogen) atoms. The van der Waals surface area contributed by atoms with Gasteiger partial charge < -0.3 is 10.6 Å². The third-order valence-corrected chi connectivity index (χ3v) is 3.81. The van der Waals surface area contributed by atoms with Crippen molar-refractivity contribution in [3.8, 4) is 0 Å². The van der Waals surface area contributed by atoms with Crippen LogP contribution in [0, 0.1) is 13.8 Å². The maximum Gasteiger partial charge on any atom is 0.242 e. The van der Waals surface area contributed by atoms with Gasteiger partial charge in [-0.25, -0.2) is 0 Å². The molecule has 4 heteroatoms. The molecule has 1 rings (SSSR count). The second kappa shape index (κ2) is 6.94. The summed E-state index contributed by atoms with van der Waals surface area (Å²) < 4.78 is 0.994. The van der Waals surface area contributed by atoms with E-state index in [2.05, 4.69) is 52.5 Å². The molecule has 0 fully saturated rings. The van der Waals surface area contributed by atoms with Crippen LogP contribution in [-0.2, 0) is 4.79 Å². The molecule has 1 amide bonds. The van der Waals surface area contributed by atoms with Crippen molar-refractivity contribution in [2.45, 2.75) is 53.1 Å². The monoisotopic (exact) mass is 326 g/mol. The van der Waals surface area contributed by atoms with Crippen molar-refractivity contribution in [2.24, 2.45) is 0 Å². The van der Waals surface area contributed by atoms with Gasteiger partial charge in [-0.15, -0.1) is 0 Å². The average Bonchev–Trinajstić information content (AvgIpc) is 2.32. The van der Waals surface area contributed by atoms with E-state index in [9.17, 15) is 4.79 Å². The van der Waals surface area contributed by atoms with E-state index in [-0.39, 0.29) is 18.0 Å². The molecule has 0 heterocycles. The normalized spacial score (nSPS) is 13.8. The number of amides is 1. The summed E-state index contributed by atoms with van der Waals surface area (Å²) in [6, 6.07) is 4.10. The number of halogens is 1. The summed E-state index contributed by atoms with van der Waals surface area (Å²) in [7, 11) is 0. The van der Waals surface area contributed by atoms with Gasteiger partial charge >= 0.3 is 0 Å². The summed E-state index contributed by atoms with van der Waals surface area (Å²) in [4.78, 5) is 12.0. The minimum atomic E-state index is -0.258. The molecule has 2 unspecified atom stereocenters. The van der Waals surface area contributed by atoms with E-state index in [1.54, 1.807) is 0 Å². The lowest BCUT2D eigenvalue weighted by atomic mass is 10.1. The van der Waals surface area contributed by atoms with Crippen LogP contribution in [0.5, 0.6) is 0 Å². The predicted molar refractivity (Wildman–Crippen MR) is 84.6 cm³/mol.